The number of aliphatic carboxylic acids is 2. The van der Waals surface area contributed by atoms with Gasteiger partial charge in [0.05, 0.1) is 35.9 Å². The molecule has 0 radical (unpaired) electrons. The number of methoxy groups -OCH3 is 1. The van der Waals surface area contributed by atoms with Crippen LogP contribution in [0.1, 0.15) is 61.0 Å². The fourth-order valence-electron chi connectivity index (χ4n) is 5.25. The first-order valence-electron chi connectivity index (χ1n) is 13.8. The van der Waals surface area contributed by atoms with Gasteiger partial charge >= 0.3 is 18.0 Å². The zero-order valence-corrected chi connectivity index (χ0v) is 24.5. The third-order valence-electron chi connectivity index (χ3n) is 7.73. The van der Waals surface area contributed by atoms with E-state index in [2.05, 4.69) is 4.98 Å². The molecular weight excluding hydrogens is 588 g/mol. The minimum absolute atomic E-state index is 0.120. The Hall–Kier alpha value is -4.33. The molecule has 1 atom stereocenters. The van der Waals surface area contributed by atoms with Crippen molar-refractivity contribution >= 4 is 52.4 Å². The van der Waals surface area contributed by atoms with E-state index in [1.807, 2.05) is 0 Å². The highest BCUT2D eigenvalue weighted by Gasteiger charge is 2.48. The Kier molecular flexibility index (Phi) is 9.48. The molecule has 15 heteroatoms. The molecule has 4 N–H and O–H groups in total. The van der Waals surface area contributed by atoms with E-state index in [0.29, 0.717) is 6.42 Å². The van der Waals surface area contributed by atoms with Crippen LogP contribution >= 0.6 is 11.6 Å². The van der Waals surface area contributed by atoms with Crippen LogP contribution in [0.3, 0.4) is 0 Å². The fraction of sp³-hybridized carbons (Fsp3) is 0.500. The Balaban J connectivity index is 1.86. The van der Waals surface area contributed by atoms with Crippen molar-refractivity contribution in [3.05, 3.63) is 28.4 Å². The number of primary amides is 1. The van der Waals surface area contributed by atoms with Crippen LogP contribution in [0.5, 0.6) is 11.5 Å². The monoisotopic (exact) mass is 620 g/mol. The first-order valence-corrected chi connectivity index (χ1v) is 14.2. The van der Waals surface area contributed by atoms with Crippen molar-refractivity contribution in [2.24, 2.45) is 5.73 Å². The highest BCUT2D eigenvalue weighted by molar-refractivity contribution is 6.33. The van der Waals surface area contributed by atoms with E-state index in [1.165, 1.54) is 29.0 Å². The summed E-state index contributed by atoms with van der Waals surface area (Å²) in [5.41, 5.74) is 3.87. The van der Waals surface area contributed by atoms with Crippen LogP contribution in [0.25, 0.3) is 10.9 Å². The molecule has 2 aromatic rings. The molecule has 1 aliphatic carbocycles. The molecule has 232 valence electrons. The number of piperazine rings is 1. The van der Waals surface area contributed by atoms with E-state index in [4.69, 9.17) is 31.5 Å². The largest absolute Gasteiger partial charge is 0.495 e. The highest BCUT2D eigenvalue weighted by Crippen LogP contribution is 2.45. The third kappa shape index (κ3) is 6.38. The maximum atomic E-state index is 14.0. The molecule has 2 aliphatic rings. The zero-order chi connectivity index (χ0) is 31.5. The van der Waals surface area contributed by atoms with Gasteiger partial charge in [-0.2, -0.15) is 0 Å². The number of rotatable bonds is 11. The van der Waals surface area contributed by atoms with E-state index in [1.54, 1.807) is 6.92 Å². The van der Waals surface area contributed by atoms with Crippen LogP contribution in [-0.2, 0) is 19.1 Å². The summed E-state index contributed by atoms with van der Waals surface area (Å²) in [6.07, 6.45) is -0.316. The summed E-state index contributed by atoms with van der Waals surface area (Å²) >= 11 is 6.37. The van der Waals surface area contributed by atoms with Crippen LogP contribution in [-0.4, -0.2) is 100 Å². The molecular formula is C28H33ClN4O10. The van der Waals surface area contributed by atoms with Crippen LogP contribution in [0, 0.1) is 0 Å². The van der Waals surface area contributed by atoms with E-state index >= 15 is 0 Å². The van der Waals surface area contributed by atoms with Gasteiger partial charge < -0.3 is 40.0 Å². The summed E-state index contributed by atoms with van der Waals surface area (Å²) < 4.78 is 16.5. The fourth-order valence-corrected chi connectivity index (χ4v) is 5.48. The van der Waals surface area contributed by atoms with Gasteiger partial charge in [0.15, 0.2) is 0 Å². The van der Waals surface area contributed by atoms with Gasteiger partial charge in [0.2, 0.25) is 11.5 Å². The van der Waals surface area contributed by atoms with Gasteiger partial charge in [-0.15, -0.1) is 0 Å². The number of ether oxygens (including phenoxy) is 3. The maximum absolute atomic E-state index is 14.0. The molecule has 1 unspecified atom stereocenters. The number of benzene rings is 1. The molecule has 1 aliphatic heterocycles. The van der Waals surface area contributed by atoms with Crippen molar-refractivity contribution in [2.75, 3.05) is 39.9 Å². The Labute approximate surface area is 251 Å². The molecule has 1 aromatic carbocycles. The number of fused-ring (bicyclic) bond motifs is 1. The predicted molar refractivity (Wildman–Crippen MR) is 151 cm³/mol. The van der Waals surface area contributed by atoms with E-state index in [9.17, 15) is 34.2 Å². The first kappa shape index (κ1) is 31.6. The normalized spacial score (nSPS) is 16.6. The number of carbonyl (C=O) groups excluding carboxylic acids is 3. The number of nitrogens with two attached hydrogens (primary N) is 1. The lowest BCUT2D eigenvalue weighted by atomic mass is 9.80. The molecule has 14 nitrogen and oxygen atoms in total. The summed E-state index contributed by atoms with van der Waals surface area (Å²) in [5, 5.41) is 19.8. The number of halogens is 1. The summed E-state index contributed by atoms with van der Waals surface area (Å²) in [5.74, 6) is -5.29. The molecule has 1 saturated carbocycles. The molecule has 2 heterocycles. The van der Waals surface area contributed by atoms with Crippen molar-refractivity contribution in [1.29, 1.82) is 0 Å². The van der Waals surface area contributed by atoms with Gasteiger partial charge in [0.25, 0.3) is 5.91 Å². The number of amides is 3. The number of aromatic nitrogens is 1. The molecule has 2 fully saturated rings. The van der Waals surface area contributed by atoms with Gasteiger partial charge in [0.1, 0.15) is 17.1 Å². The van der Waals surface area contributed by atoms with Crippen molar-refractivity contribution in [1.82, 2.24) is 14.8 Å². The van der Waals surface area contributed by atoms with Gasteiger partial charge in [0, 0.05) is 38.0 Å². The van der Waals surface area contributed by atoms with Crippen LogP contribution in [0.15, 0.2) is 12.1 Å². The summed E-state index contributed by atoms with van der Waals surface area (Å²) in [6, 6.07) is 2.86. The third-order valence-corrected chi connectivity index (χ3v) is 8.02. The molecule has 43 heavy (non-hydrogen) atoms. The van der Waals surface area contributed by atoms with Crippen LogP contribution in [0.4, 0.5) is 4.79 Å². The second-order valence-electron chi connectivity index (χ2n) is 10.3. The highest BCUT2D eigenvalue weighted by atomic mass is 35.5. The summed E-state index contributed by atoms with van der Waals surface area (Å²) in [7, 11) is 1.37. The summed E-state index contributed by atoms with van der Waals surface area (Å²) in [4.78, 5) is 70.6. The smallest absolute Gasteiger partial charge is 0.409 e. The van der Waals surface area contributed by atoms with Crippen molar-refractivity contribution in [3.8, 4) is 11.5 Å². The number of hydrogen-bond donors (Lipinski definition) is 3. The topological polar surface area (TPSA) is 199 Å². The minimum atomic E-state index is -1.65. The second kappa shape index (κ2) is 12.9. The molecule has 0 spiro atoms. The average Bonchev–Trinajstić information content (AvgIpc) is 2.94. The van der Waals surface area contributed by atoms with Gasteiger partial charge in [-0.05, 0) is 44.7 Å². The lowest BCUT2D eigenvalue weighted by Gasteiger charge is -2.39. The molecule has 0 bridgehead atoms. The van der Waals surface area contributed by atoms with E-state index < -0.39 is 47.8 Å². The second-order valence-corrected chi connectivity index (χ2v) is 10.7. The molecule has 1 saturated heterocycles. The Morgan fingerprint density at radius 2 is 1.74 bits per heavy atom. The summed E-state index contributed by atoms with van der Waals surface area (Å²) in [6.45, 7) is 2.47. The Morgan fingerprint density at radius 1 is 1.09 bits per heavy atom. The standard InChI is InChI=1S/C28H33ClN4O10/c1-3-42-27(40)33-11-9-32(10-12-33)25(37)15(5-6-20(34)35)22-21(24(30)36)23(43-28(26(38)39)7-4-8-28)16-13-19(41-2)17(29)14-18(16)31-22/h13-15H,3-12H2,1-2H3,(H2,30,36)(H,34,35)(H,38,39). The number of carboxylic acid groups (broad SMARTS) is 2. The predicted octanol–water partition coefficient (Wildman–Crippen LogP) is 2.63. The van der Waals surface area contributed by atoms with Crippen molar-refractivity contribution in [3.63, 3.8) is 0 Å². The van der Waals surface area contributed by atoms with E-state index in [-0.39, 0.29) is 90.7 Å². The van der Waals surface area contributed by atoms with Crippen molar-refractivity contribution in [2.45, 2.75) is 50.5 Å². The first-order chi connectivity index (χ1) is 20.4. The van der Waals surface area contributed by atoms with Gasteiger partial charge in [-0.25, -0.2) is 9.59 Å². The van der Waals surface area contributed by atoms with Gasteiger partial charge in [-0.1, -0.05) is 11.6 Å². The number of carbonyl (C=O) groups is 5. The number of pyridine rings is 1. The number of carboxylic acids is 2. The maximum Gasteiger partial charge on any atom is 0.409 e. The minimum Gasteiger partial charge on any atom is -0.495 e. The lowest BCUT2D eigenvalue weighted by molar-refractivity contribution is -0.163. The SMILES string of the molecule is CCOC(=O)N1CCN(C(=O)C(CCC(=O)O)c2nc3cc(Cl)c(OC)cc3c(OC3(C(=O)O)CCC3)c2C(N)=O)CC1. The van der Waals surface area contributed by atoms with Crippen molar-refractivity contribution < 1.29 is 48.4 Å². The molecule has 1 aromatic heterocycles. The van der Waals surface area contributed by atoms with Crippen LogP contribution in [0.2, 0.25) is 5.02 Å². The molecule has 3 amide bonds. The quantitative estimate of drug-likeness (QED) is 0.333. The van der Waals surface area contributed by atoms with Gasteiger partial charge in [-0.3, -0.25) is 19.4 Å². The Bertz CT molecular complexity index is 1450. The van der Waals surface area contributed by atoms with E-state index in [0.717, 1.165) is 0 Å². The Morgan fingerprint density at radius 3 is 2.26 bits per heavy atom. The molecule has 4 rings (SSSR count). The number of nitrogens with zero attached hydrogens (tertiary/aromatic N) is 3. The zero-order valence-electron chi connectivity index (χ0n) is 23.8. The van der Waals surface area contributed by atoms with Crippen LogP contribution < -0.4 is 15.2 Å². The lowest BCUT2D eigenvalue weighted by Crippen LogP contribution is -2.52. The average molecular weight is 621 g/mol. The number of hydrogen-bond acceptors (Lipinski definition) is 9.